The summed E-state index contributed by atoms with van der Waals surface area (Å²) in [6.07, 6.45) is -4.74. The SMILES string of the molecule is Cc1c(-c2cccc(Cl)c2)nn2c1NC(=O)C[C@@H]2C(=O)Nc1cccc(C(F)(F)F)c1. The molecule has 1 aliphatic rings. The smallest absolute Gasteiger partial charge is 0.324 e. The molecule has 4 rings (SSSR count). The van der Waals surface area contributed by atoms with Crippen LogP contribution in [0.4, 0.5) is 24.7 Å². The third-order valence-electron chi connectivity index (χ3n) is 4.94. The maximum Gasteiger partial charge on any atom is 0.416 e. The molecule has 0 aliphatic carbocycles. The van der Waals surface area contributed by atoms with E-state index in [4.69, 9.17) is 11.6 Å². The zero-order valence-corrected chi connectivity index (χ0v) is 16.9. The van der Waals surface area contributed by atoms with Gasteiger partial charge in [-0.05, 0) is 37.3 Å². The van der Waals surface area contributed by atoms with Crippen molar-refractivity contribution in [3.63, 3.8) is 0 Å². The molecular weight excluding hydrogens is 433 g/mol. The highest BCUT2D eigenvalue weighted by Gasteiger charge is 2.35. The van der Waals surface area contributed by atoms with Crippen LogP contribution in [0.15, 0.2) is 48.5 Å². The van der Waals surface area contributed by atoms with E-state index in [1.165, 1.54) is 16.8 Å². The number of rotatable bonds is 3. The predicted molar refractivity (Wildman–Crippen MR) is 110 cm³/mol. The summed E-state index contributed by atoms with van der Waals surface area (Å²) in [6, 6.07) is 10.3. The summed E-state index contributed by atoms with van der Waals surface area (Å²) < 4.78 is 40.3. The molecule has 31 heavy (non-hydrogen) atoms. The molecule has 2 heterocycles. The number of aromatic nitrogens is 2. The molecule has 2 aromatic carbocycles. The second kappa shape index (κ2) is 7.73. The van der Waals surface area contributed by atoms with Gasteiger partial charge in [0.2, 0.25) is 11.8 Å². The fourth-order valence-electron chi connectivity index (χ4n) is 3.45. The van der Waals surface area contributed by atoms with E-state index in [-0.39, 0.29) is 12.1 Å². The van der Waals surface area contributed by atoms with Crippen LogP contribution in [-0.2, 0) is 15.8 Å². The highest BCUT2D eigenvalue weighted by atomic mass is 35.5. The van der Waals surface area contributed by atoms with E-state index in [1.807, 2.05) is 0 Å². The van der Waals surface area contributed by atoms with Gasteiger partial charge in [-0.2, -0.15) is 18.3 Å². The molecule has 0 fully saturated rings. The van der Waals surface area contributed by atoms with Gasteiger partial charge < -0.3 is 10.6 Å². The van der Waals surface area contributed by atoms with Crippen molar-refractivity contribution in [1.29, 1.82) is 0 Å². The van der Waals surface area contributed by atoms with Crippen LogP contribution in [0.2, 0.25) is 5.02 Å². The van der Waals surface area contributed by atoms with Crippen LogP contribution in [0.1, 0.15) is 23.6 Å². The Bertz CT molecular complexity index is 1190. The lowest BCUT2D eigenvalue weighted by atomic mass is 10.1. The van der Waals surface area contributed by atoms with Crippen LogP contribution in [0.25, 0.3) is 11.3 Å². The summed E-state index contributed by atoms with van der Waals surface area (Å²) in [5.41, 5.74) is 0.985. The maximum absolute atomic E-state index is 13.0. The lowest BCUT2D eigenvalue weighted by Gasteiger charge is -2.24. The highest BCUT2D eigenvalue weighted by molar-refractivity contribution is 6.30. The van der Waals surface area contributed by atoms with Crippen LogP contribution < -0.4 is 10.6 Å². The zero-order chi connectivity index (χ0) is 22.3. The monoisotopic (exact) mass is 448 g/mol. The lowest BCUT2D eigenvalue weighted by Crippen LogP contribution is -2.36. The first-order valence-corrected chi connectivity index (χ1v) is 9.64. The van der Waals surface area contributed by atoms with Gasteiger partial charge in [0, 0.05) is 21.8 Å². The van der Waals surface area contributed by atoms with Crippen molar-refractivity contribution < 1.29 is 22.8 Å². The van der Waals surface area contributed by atoms with E-state index in [2.05, 4.69) is 15.7 Å². The number of nitrogens with one attached hydrogen (secondary N) is 2. The van der Waals surface area contributed by atoms with Gasteiger partial charge in [0.1, 0.15) is 11.9 Å². The molecule has 160 valence electrons. The fraction of sp³-hybridized carbons (Fsp3) is 0.190. The molecule has 1 aliphatic heterocycles. The van der Waals surface area contributed by atoms with E-state index in [9.17, 15) is 22.8 Å². The number of fused-ring (bicyclic) bond motifs is 1. The molecule has 6 nitrogen and oxygen atoms in total. The number of anilines is 2. The number of halogens is 4. The van der Waals surface area contributed by atoms with Crippen LogP contribution in [-0.4, -0.2) is 21.6 Å². The lowest BCUT2D eigenvalue weighted by molar-refractivity contribution is -0.137. The Hall–Kier alpha value is -3.33. The van der Waals surface area contributed by atoms with Gasteiger partial charge in [-0.15, -0.1) is 0 Å². The van der Waals surface area contributed by atoms with Crippen LogP contribution >= 0.6 is 11.6 Å². The number of carbonyl (C=O) groups is 2. The Morgan fingerprint density at radius 1 is 1.23 bits per heavy atom. The van der Waals surface area contributed by atoms with Crippen molar-refractivity contribution >= 4 is 34.9 Å². The molecule has 10 heteroatoms. The first-order chi connectivity index (χ1) is 14.6. The van der Waals surface area contributed by atoms with E-state index < -0.39 is 29.6 Å². The largest absolute Gasteiger partial charge is 0.416 e. The minimum absolute atomic E-state index is 0.0219. The van der Waals surface area contributed by atoms with E-state index >= 15 is 0 Å². The third kappa shape index (κ3) is 4.13. The Kier molecular flexibility index (Phi) is 5.22. The quantitative estimate of drug-likeness (QED) is 0.588. The molecule has 0 radical (unpaired) electrons. The number of hydrogen-bond donors (Lipinski definition) is 2. The summed E-state index contributed by atoms with van der Waals surface area (Å²) >= 11 is 6.06. The second-order valence-corrected chi connectivity index (χ2v) is 7.55. The average Bonchev–Trinajstić information content (AvgIpc) is 3.03. The van der Waals surface area contributed by atoms with Crippen molar-refractivity contribution in [2.24, 2.45) is 0 Å². The summed E-state index contributed by atoms with van der Waals surface area (Å²) in [5.74, 6) is -0.677. The molecule has 0 saturated heterocycles. The predicted octanol–water partition coefficient (Wildman–Crippen LogP) is 5.05. The van der Waals surface area contributed by atoms with Gasteiger partial charge in [0.05, 0.1) is 17.7 Å². The van der Waals surface area contributed by atoms with Gasteiger partial charge in [-0.3, -0.25) is 9.59 Å². The summed E-state index contributed by atoms with van der Waals surface area (Å²) in [7, 11) is 0. The van der Waals surface area contributed by atoms with Gasteiger partial charge in [0.15, 0.2) is 0 Å². The third-order valence-corrected chi connectivity index (χ3v) is 5.17. The Morgan fingerprint density at radius 3 is 2.68 bits per heavy atom. The zero-order valence-electron chi connectivity index (χ0n) is 16.1. The van der Waals surface area contributed by atoms with Crippen molar-refractivity contribution in [1.82, 2.24) is 9.78 Å². The van der Waals surface area contributed by atoms with E-state index in [0.29, 0.717) is 27.7 Å². The van der Waals surface area contributed by atoms with Crippen molar-refractivity contribution in [2.75, 3.05) is 10.6 Å². The van der Waals surface area contributed by atoms with E-state index in [1.54, 1.807) is 31.2 Å². The second-order valence-electron chi connectivity index (χ2n) is 7.11. The van der Waals surface area contributed by atoms with Crippen molar-refractivity contribution in [3.8, 4) is 11.3 Å². The number of benzene rings is 2. The molecular formula is C21H16ClF3N4O2. The van der Waals surface area contributed by atoms with E-state index in [0.717, 1.165) is 12.1 Å². The first kappa shape index (κ1) is 20.9. The standard InChI is InChI=1S/C21H16ClF3N4O2/c1-11-18(12-4-2-6-14(22)8-12)28-29-16(10-17(30)27-19(11)29)20(31)26-15-7-3-5-13(9-15)21(23,24)25/h2-9,16H,10H2,1H3,(H,26,31)(H,27,30)/t16-/m1/s1. The Morgan fingerprint density at radius 2 is 1.97 bits per heavy atom. The average molecular weight is 449 g/mol. The molecule has 0 spiro atoms. The number of alkyl halides is 3. The maximum atomic E-state index is 13.0. The topological polar surface area (TPSA) is 76.0 Å². The Labute approximate surface area is 180 Å². The molecule has 3 aromatic rings. The van der Waals surface area contributed by atoms with Crippen molar-refractivity contribution in [3.05, 3.63) is 64.7 Å². The number of amides is 2. The molecule has 1 atom stereocenters. The molecule has 1 aromatic heterocycles. The van der Waals surface area contributed by atoms with Gasteiger partial charge in [-0.25, -0.2) is 4.68 Å². The van der Waals surface area contributed by atoms with Crippen LogP contribution in [0, 0.1) is 6.92 Å². The number of hydrogen-bond acceptors (Lipinski definition) is 3. The normalized spacial score (nSPS) is 15.9. The molecule has 2 amide bonds. The van der Waals surface area contributed by atoms with Crippen molar-refractivity contribution in [2.45, 2.75) is 25.6 Å². The van der Waals surface area contributed by atoms with Gasteiger partial charge in [0.25, 0.3) is 0 Å². The number of nitrogens with zero attached hydrogens (tertiary/aromatic N) is 2. The fourth-order valence-corrected chi connectivity index (χ4v) is 3.64. The summed E-state index contributed by atoms with van der Waals surface area (Å²) in [5, 5.41) is 10.2. The highest BCUT2D eigenvalue weighted by Crippen LogP contribution is 2.35. The summed E-state index contributed by atoms with van der Waals surface area (Å²) in [4.78, 5) is 25.1. The van der Waals surface area contributed by atoms with Gasteiger partial charge >= 0.3 is 6.18 Å². The molecule has 2 N–H and O–H groups in total. The number of carbonyl (C=O) groups excluding carboxylic acids is 2. The molecule has 0 saturated carbocycles. The molecule has 0 unspecified atom stereocenters. The minimum atomic E-state index is -4.54. The minimum Gasteiger partial charge on any atom is -0.324 e. The first-order valence-electron chi connectivity index (χ1n) is 9.26. The molecule has 0 bridgehead atoms. The van der Waals surface area contributed by atoms with Crippen LogP contribution in [0.5, 0.6) is 0 Å². The Balaban J connectivity index is 1.67. The van der Waals surface area contributed by atoms with Crippen LogP contribution in [0.3, 0.4) is 0 Å². The van der Waals surface area contributed by atoms with Gasteiger partial charge in [-0.1, -0.05) is 29.8 Å². The summed E-state index contributed by atoms with van der Waals surface area (Å²) in [6.45, 7) is 1.75.